The summed E-state index contributed by atoms with van der Waals surface area (Å²) >= 11 is 0. The Hall–Kier alpha value is -3.09. The van der Waals surface area contributed by atoms with Crippen LogP contribution in [-0.4, -0.2) is 9.91 Å². The minimum atomic E-state index is -0.646. The van der Waals surface area contributed by atoms with Crippen LogP contribution in [0.25, 0.3) is 10.8 Å². The van der Waals surface area contributed by atoms with Gasteiger partial charge in [-0.05, 0) is 31.2 Å². The Morgan fingerprint density at radius 1 is 1.13 bits per heavy atom. The number of rotatable bonds is 3. The summed E-state index contributed by atoms with van der Waals surface area (Å²) in [5.41, 5.74) is 0.387. The Labute approximate surface area is 129 Å². The van der Waals surface area contributed by atoms with Crippen molar-refractivity contribution in [2.45, 2.75) is 6.92 Å². The number of anilines is 2. The van der Waals surface area contributed by atoms with Crippen molar-refractivity contribution in [1.82, 2.24) is 4.98 Å². The van der Waals surface area contributed by atoms with Gasteiger partial charge in [0.05, 0.1) is 16.0 Å². The number of fused-ring (bicyclic) bond motifs is 1. The molecular weight excluding hydrogens is 304 g/mol. The lowest BCUT2D eigenvalue weighted by Gasteiger charge is -2.10. The highest BCUT2D eigenvalue weighted by molar-refractivity contribution is 5.99. The maximum atomic E-state index is 13.8. The summed E-state index contributed by atoms with van der Waals surface area (Å²) in [7, 11) is 0. The quantitative estimate of drug-likeness (QED) is 0.572. The molecule has 1 aromatic heterocycles. The van der Waals surface area contributed by atoms with Gasteiger partial charge in [-0.1, -0.05) is 6.07 Å². The lowest BCUT2D eigenvalue weighted by atomic mass is 10.1. The summed E-state index contributed by atoms with van der Waals surface area (Å²) in [5, 5.41) is 14.8. The molecule has 1 N–H and O–H groups in total. The van der Waals surface area contributed by atoms with E-state index < -0.39 is 16.6 Å². The molecule has 0 bridgehead atoms. The van der Waals surface area contributed by atoms with Crippen LogP contribution in [0.4, 0.5) is 26.0 Å². The standard InChI is InChI=1S/C16H11F2N3O2/c1-9-2-4-12-11(15(9)21(22)23)6-7-19-16(12)20-14-8-10(17)3-5-13(14)18/h2-8H,1H3,(H,19,20). The van der Waals surface area contributed by atoms with Gasteiger partial charge in [0.25, 0.3) is 5.69 Å². The third kappa shape index (κ3) is 2.68. The van der Waals surface area contributed by atoms with Gasteiger partial charge in [-0.3, -0.25) is 10.1 Å². The van der Waals surface area contributed by atoms with E-state index in [9.17, 15) is 18.9 Å². The Bertz CT molecular complexity index is 929. The van der Waals surface area contributed by atoms with Gasteiger partial charge >= 0.3 is 0 Å². The molecule has 0 radical (unpaired) electrons. The highest BCUT2D eigenvalue weighted by Crippen LogP contribution is 2.33. The fraction of sp³-hybridized carbons (Fsp3) is 0.0625. The molecule has 3 aromatic rings. The van der Waals surface area contributed by atoms with Gasteiger partial charge in [0.1, 0.15) is 17.5 Å². The van der Waals surface area contributed by atoms with Gasteiger partial charge in [-0.2, -0.15) is 0 Å². The highest BCUT2D eigenvalue weighted by atomic mass is 19.1. The normalized spacial score (nSPS) is 10.7. The second kappa shape index (κ2) is 5.60. The second-order valence-electron chi connectivity index (χ2n) is 4.99. The van der Waals surface area contributed by atoms with Gasteiger partial charge in [-0.25, -0.2) is 13.8 Å². The second-order valence-corrected chi connectivity index (χ2v) is 4.99. The number of hydrogen-bond acceptors (Lipinski definition) is 4. The molecular formula is C16H11F2N3O2. The summed E-state index contributed by atoms with van der Waals surface area (Å²) in [6.45, 7) is 1.64. The first-order valence-corrected chi connectivity index (χ1v) is 6.72. The lowest BCUT2D eigenvalue weighted by Crippen LogP contribution is -2.00. The monoisotopic (exact) mass is 315 g/mol. The highest BCUT2D eigenvalue weighted by Gasteiger charge is 2.18. The summed E-state index contributed by atoms with van der Waals surface area (Å²) < 4.78 is 27.0. The number of nitro groups is 1. The van der Waals surface area contributed by atoms with Crippen molar-refractivity contribution in [2.24, 2.45) is 0 Å². The number of nitrogens with zero attached hydrogens (tertiary/aromatic N) is 2. The molecule has 0 unspecified atom stereocenters. The van der Waals surface area contributed by atoms with Crippen LogP contribution in [0, 0.1) is 28.7 Å². The van der Waals surface area contributed by atoms with Crippen molar-refractivity contribution in [1.29, 1.82) is 0 Å². The van der Waals surface area contributed by atoms with Crippen LogP contribution in [-0.2, 0) is 0 Å². The predicted octanol–water partition coefficient (Wildman–Crippen LogP) is 4.47. The van der Waals surface area contributed by atoms with E-state index in [1.54, 1.807) is 19.1 Å². The Kier molecular flexibility index (Phi) is 3.61. The van der Waals surface area contributed by atoms with Crippen molar-refractivity contribution in [3.63, 3.8) is 0 Å². The van der Waals surface area contributed by atoms with E-state index in [1.807, 2.05) is 0 Å². The van der Waals surface area contributed by atoms with Gasteiger partial charge < -0.3 is 5.32 Å². The van der Waals surface area contributed by atoms with Crippen molar-refractivity contribution in [3.05, 3.63) is 69.9 Å². The number of aryl methyl sites for hydroxylation is 1. The number of pyridine rings is 1. The third-order valence-electron chi connectivity index (χ3n) is 3.48. The van der Waals surface area contributed by atoms with Gasteiger partial charge in [-0.15, -0.1) is 0 Å². The van der Waals surface area contributed by atoms with Gasteiger partial charge in [0.15, 0.2) is 0 Å². The minimum Gasteiger partial charge on any atom is -0.337 e. The molecule has 0 amide bonds. The van der Waals surface area contributed by atoms with Crippen molar-refractivity contribution in [3.8, 4) is 0 Å². The molecule has 0 aliphatic rings. The number of aromatic nitrogens is 1. The zero-order valence-corrected chi connectivity index (χ0v) is 12.0. The molecule has 0 aliphatic carbocycles. The Morgan fingerprint density at radius 2 is 1.91 bits per heavy atom. The molecule has 7 heteroatoms. The van der Waals surface area contributed by atoms with Gasteiger partial charge in [0.2, 0.25) is 0 Å². The van der Waals surface area contributed by atoms with Crippen LogP contribution < -0.4 is 5.32 Å². The molecule has 116 valence electrons. The van der Waals surface area contributed by atoms with E-state index >= 15 is 0 Å². The molecule has 0 saturated heterocycles. The van der Waals surface area contributed by atoms with E-state index in [2.05, 4.69) is 10.3 Å². The largest absolute Gasteiger partial charge is 0.337 e. The summed E-state index contributed by atoms with van der Waals surface area (Å²) in [6.07, 6.45) is 1.38. The van der Waals surface area contributed by atoms with Crippen LogP contribution in [0.5, 0.6) is 0 Å². The molecule has 0 aliphatic heterocycles. The molecule has 3 rings (SSSR count). The molecule has 1 heterocycles. The fourth-order valence-electron chi connectivity index (χ4n) is 2.41. The number of halogens is 2. The molecule has 5 nitrogen and oxygen atoms in total. The van der Waals surface area contributed by atoms with E-state index in [0.29, 0.717) is 16.3 Å². The molecule has 0 spiro atoms. The Balaban J connectivity index is 2.17. The van der Waals surface area contributed by atoms with Crippen molar-refractivity contribution in [2.75, 3.05) is 5.32 Å². The fourth-order valence-corrected chi connectivity index (χ4v) is 2.41. The molecule has 23 heavy (non-hydrogen) atoms. The van der Waals surface area contributed by atoms with Crippen molar-refractivity contribution >= 4 is 28.0 Å². The van der Waals surface area contributed by atoms with E-state index in [4.69, 9.17) is 0 Å². The molecule has 0 saturated carbocycles. The van der Waals surface area contributed by atoms with Crippen LogP contribution in [0.15, 0.2) is 42.6 Å². The van der Waals surface area contributed by atoms with Crippen LogP contribution >= 0.6 is 0 Å². The first-order valence-electron chi connectivity index (χ1n) is 6.72. The maximum Gasteiger partial charge on any atom is 0.280 e. The summed E-state index contributed by atoms with van der Waals surface area (Å²) in [5.74, 6) is -1.03. The first kappa shape index (κ1) is 14.8. The van der Waals surface area contributed by atoms with Crippen LogP contribution in [0.2, 0.25) is 0 Å². The third-order valence-corrected chi connectivity index (χ3v) is 3.48. The van der Waals surface area contributed by atoms with Crippen molar-refractivity contribution < 1.29 is 13.7 Å². The molecule has 0 atom stereocenters. The SMILES string of the molecule is Cc1ccc2c(Nc3cc(F)ccc3F)nccc2c1[N+](=O)[O-]. The minimum absolute atomic E-state index is 0.0346. The number of benzene rings is 2. The topological polar surface area (TPSA) is 68.1 Å². The zero-order valence-electron chi connectivity index (χ0n) is 12.0. The molecule has 2 aromatic carbocycles. The average Bonchev–Trinajstić information content (AvgIpc) is 2.50. The van der Waals surface area contributed by atoms with E-state index in [0.717, 1.165) is 18.2 Å². The van der Waals surface area contributed by atoms with E-state index in [1.165, 1.54) is 12.3 Å². The molecule has 0 fully saturated rings. The summed E-state index contributed by atoms with van der Waals surface area (Å²) in [4.78, 5) is 14.9. The number of hydrogen-bond donors (Lipinski definition) is 1. The predicted molar refractivity (Wildman–Crippen MR) is 82.8 cm³/mol. The van der Waals surface area contributed by atoms with E-state index in [-0.39, 0.29) is 17.2 Å². The Morgan fingerprint density at radius 3 is 2.65 bits per heavy atom. The van der Waals surface area contributed by atoms with Crippen LogP contribution in [0.3, 0.4) is 0 Å². The van der Waals surface area contributed by atoms with Crippen LogP contribution in [0.1, 0.15) is 5.56 Å². The van der Waals surface area contributed by atoms with Gasteiger partial charge in [0, 0.05) is 23.2 Å². The summed E-state index contributed by atoms with van der Waals surface area (Å²) in [6, 6.07) is 7.77. The maximum absolute atomic E-state index is 13.8. The number of nitro benzene ring substituents is 1. The first-order chi connectivity index (χ1) is 11.0. The number of nitrogens with one attached hydrogen (secondary N) is 1. The average molecular weight is 315 g/mol. The lowest BCUT2D eigenvalue weighted by molar-refractivity contribution is -0.383. The smallest absolute Gasteiger partial charge is 0.280 e. The zero-order chi connectivity index (χ0) is 16.6.